The van der Waals surface area contributed by atoms with Gasteiger partial charge in [-0.05, 0) is 78.7 Å². The quantitative estimate of drug-likeness (QED) is 0.0796. The van der Waals surface area contributed by atoms with Gasteiger partial charge in [-0.3, -0.25) is 9.78 Å². The minimum Gasteiger partial charge on any atom is -0.512 e. The summed E-state index contributed by atoms with van der Waals surface area (Å²) in [6, 6.07) is 23.1. The zero-order valence-corrected chi connectivity index (χ0v) is 37.4. The number of nitrogens with zero attached hydrogens (tertiary/aromatic N) is 1. The zero-order chi connectivity index (χ0) is 39.6. The van der Waals surface area contributed by atoms with Crippen LogP contribution < -0.4 is 0 Å². The monoisotopic (exact) mass is 919 g/mol. The van der Waals surface area contributed by atoms with Crippen LogP contribution in [0.4, 0.5) is 0 Å². The molecule has 3 aromatic carbocycles. The summed E-state index contributed by atoms with van der Waals surface area (Å²) in [5.74, 6) is 0.862. The summed E-state index contributed by atoms with van der Waals surface area (Å²) in [5, 5.41) is 14.7. The Labute approximate surface area is 342 Å². The van der Waals surface area contributed by atoms with Gasteiger partial charge in [0.05, 0.1) is 12.5 Å². The number of aliphatic hydroxyl groups is 1. The molecule has 0 atom stereocenters. The first-order valence-corrected chi connectivity index (χ1v) is 19.8. The van der Waals surface area contributed by atoms with Gasteiger partial charge in [0.1, 0.15) is 11.3 Å². The summed E-state index contributed by atoms with van der Waals surface area (Å²) in [5.41, 5.74) is 8.56. The SMILES string of the molecule is CCC(C)(CC)C(=O)/C=C(\O)C(C)(CC)CC.Cc1coc2nc(-c3[c-]c4ccccc4c(C(C)(C)C)c3)cc(-c3ccc4c(CC(C)C)coc4c3)c12.[Ir]. The first kappa shape index (κ1) is 43.7. The maximum atomic E-state index is 12.2. The third-order valence-electron chi connectivity index (χ3n) is 11.8. The first-order chi connectivity index (χ1) is 25.5. The number of ketones is 1. The molecule has 0 amide bonds. The molecule has 6 rings (SSSR count). The molecule has 0 aliphatic heterocycles. The first-order valence-electron chi connectivity index (χ1n) is 19.8. The van der Waals surface area contributed by atoms with Gasteiger partial charge >= 0.3 is 0 Å². The number of aromatic nitrogens is 1. The van der Waals surface area contributed by atoms with Crippen LogP contribution in [-0.2, 0) is 36.7 Å². The predicted molar refractivity (Wildman–Crippen MR) is 226 cm³/mol. The smallest absolute Gasteiger partial charge is 0.219 e. The Balaban J connectivity index is 0.000000320. The van der Waals surface area contributed by atoms with Crippen LogP contribution >= 0.6 is 0 Å². The topological polar surface area (TPSA) is 76.5 Å². The van der Waals surface area contributed by atoms with Gasteiger partial charge in [-0.2, -0.15) is 0 Å². The molecule has 3 heterocycles. The molecule has 55 heavy (non-hydrogen) atoms. The molecule has 5 nitrogen and oxygen atoms in total. The van der Waals surface area contributed by atoms with Crippen LogP contribution in [0.3, 0.4) is 0 Å². The van der Waals surface area contributed by atoms with Gasteiger partial charge in [-0.1, -0.05) is 124 Å². The Morgan fingerprint density at radius 1 is 0.855 bits per heavy atom. The number of aryl methyl sites for hydroxylation is 1. The fourth-order valence-corrected chi connectivity index (χ4v) is 7.08. The van der Waals surface area contributed by atoms with Gasteiger partial charge in [0, 0.05) is 53.5 Å². The standard InChI is InChI=1S/C34H32NO2.C15H28O2.Ir/c1-20(2)13-25-19-36-31-16-23(11-12-27(25)31)28-17-30(35-33-32(28)21(3)18-37-33)24-14-22-9-7-8-10-26(22)29(15-24)34(4,5)6;1-7-14(5,8-2)12(16)11-13(17)15(6,9-3)10-4;/h7-12,15-20H,13H2,1-6H3;11,16H,7-10H2,1-6H3;/q-1;;/b;12-11-;. The van der Waals surface area contributed by atoms with Crippen molar-refractivity contribution in [1.29, 1.82) is 0 Å². The summed E-state index contributed by atoms with van der Waals surface area (Å²) in [4.78, 5) is 17.1. The molecule has 0 saturated carbocycles. The van der Waals surface area contributed by atoms with E-state index in [0.29, 0.717) is 11.6 Å². The minimum absolute atomic E-state index is 0. The fourth-order valence-electron chi connectivity index (χ4n) is 7.08. The average molecular weight is 919 g/mol. The summed E-state index contributed by atoms with van der Waals surface area (Å²) < 4.78 is 12.0. The van der Waals surface area contributed by atoms with Crippen LogP contribution in [-0.4, -0.2) is 15.9 Å². The Morgan fingerprint density at radius 3 is 2.13 bits per heavy atom. The van der Waals surface area contributed by atoms with E-state index in [0.717, 1.165) is 76.4 Å². The van der Waals surface area contributed by atoms with E-state index in [-0.39, 0.29) is 47.9 Å². The van der Waals surface area contributed by atoms with Crippen molar-refractivity contribution in [2.45, 2.75) is 121 Å². The van der Waals surface area contributed by atoms with Crippen molar-refractivity contribution in [2.75, 3.05) is 0 Å². The maximum absolute atomic E-state index is 12.2. The van der Waals surface area contributed by atoms with Crippen LogP contribution in [0.25, 0.3) is 55.2 Å². The largest absolute Gasteiger partial charge is 0.512 e. The van der Waals surface area contributed by atoms with Crippen molar-refractivity contribution in [1.82, 2.24) is 4.98 Å². The van der Waals surface area contributed by atoms with Gasteiger partial charge in [0.15, 0.2) is 5.78 Å². The molecule has 3 aromatic heterocycles. The number of furan rings is 2. The molecule has 1 radical (unpaired) electrons. The van der Waals surface area contributed by atoms with Crippen molar-refractivity contribution >= 4 is 38.6 Å². The number of pyridine rings is 1. The van der Waals surface area contributed by atoms with Crippen molar-refractivity contribution in [3.8, 4) is 22.4 Å². The predicted octanol–water partition coefficient (Wildman–Crippen LogP) is 14.3. The molecular formula is C49H60IrNO4-. The third-order valence-corrected chi connectivity index (χ3v) is 11.8. The maximum Gasteiger partial charge on any atom is 0.219 e. The van der Waals surface area contributed by atoms with E-state index in [4.69, 9.17) is 13.8 Å². The second-order valence-corrected chi connectivity index (χ2v) is 17.0. The number of aliphatic hydroxyl groups excluding tert-OH is 1. The average Bonchev–Trinajstić information content (AvgIpc) is 3.74. The molecule has 0 spiro atoms. The number of carbonyl (C=O) groups is 1. The molecule has 0 unspecified atom stereocenters. The van der Waals surface area contributed by atoms with E-state index >= 15 is 0 Å². The Hall–Kier alpha value is -3.99. The minimum atomic E-state index is -0.337. The molecule has 0 bridgehead atoms. The summed E-state index contributed by atoms with van der Waals surface area (Å²) in [6.07, 6.45) is 9.46. The van der Waals surface area contributed by atoms with E-state index in [9.17, 15) is 9.90 Å². The van der Waals surface area contributed by atoms with Crippen molar-refractivity contribution in [2.24, 2.45) is 16.7 Å². The normalized spacial score (nSPS) is 12.6. The Kier molecular flexibility index (Phi) is 13.9. The number of benzene rings is 3. The van der Waals surface area contributed by atoms with Crippen molar-refractivity contribution in [3.05, 3.63) is 102 Å². The fraction of sp³-hybridized carbons (Fsp3) is 0.429. The number of carbonyl (C=O) groups excluding carboxylic acids is 1. The third kappa shape index (κ3) is 9.19. The Bertz CT molecular complexity index is 2290. The van der Waals surface area contributed by atoms with Crippen LogP contribution in [0, 0.1) is 29.7 Å². The van der Waals surface area contributed by atoms with Gasteiger partial charge in [-0.15, -0.1) is 29.1 Å². The van der Waals surface area contributed by atoms with E-state index < -0.39 is 0 Å². The molecule has 0 aliphatic rings. The second kappa shape index (κ2) is 17.4. The molecule has 6 heteroatoms. The van der Waals surface area contributed by atoms with Crippen LogP contribution in [0.5, 0.6) is 0 Å². The van der Waals surface area contributed by atoms with Gasteiger partial charge < -0.3 is 13.9 Å². The van der Waals surface area contributed by atoms with Gasteiger partial charge in [0.25, 0.3) is 0 Å². The van der Waals surface area contributed by atoms with E-state index in [1.807, 2.05) is 47.8 Å². The number of fused-ring (bicyclic) bond motifs is 3. The molecule has 1 N–H and O–H groups in total. The Morgan fingerprint density at radius 2 is 1.51 bits per heavy atom. The molecular weight excluding hydrogens is 859 g/mol. The molecule has 295 valence electrons. The van der Waals surface area contributed by atoms with Crippen molar-refractivity contribution in [3.63, 3.8) is 0 Å². The molecule has 6 aromatic rings. The van der Waals surface area contributed by atoms with Crippen LogP contribution in [0.15, 0.2) is 87.8 Å². The molecule has 0 saturated heterocycles. The number of allylic oxidation sites excluding steroid dienone is 2. The van der Waals surface area contributed by atoms with E-state index in [1.165, 1.54) is 28.0 Å². The molecule has 0 fully saturated rings. The summed E-state index contributed by atoms with van der Waals surface area (Å²) in [7, 11) is 0. The van der Waals surface area contributed by atoms with Crippen LogP contribution in [0.2, 0.25) is 0 Å². The summed E-state index contributed by atoms with van der Waals surface area (Å²) in [6.45, 7) is 25.4. The van der Waals surface area contributed by atoms with Crippen LogP contribution in [0.1, 0.15) is 119 Å². The molecule has 0 aliphatic carbocycles. The zero-order valence-electron chi connectivity index (χ0n) is 35.0. The van der Waals surface area contributed by atoms with Crippen molar-refractivity contribution < 1.29 is 38.8 Å². The summed E-state index contributed by atoms with van der Waals surface area (Å²) >= 11 is 0. The number of hydrogen-bond donors (Lipinski definition) is 1. The second-order valence-electron chi connectivity index (χ2n) is 17.0. The van der Waals surface area contributed by atoms with Gasteiger partial charge in [0.2, 0.25) is 5.71 Å². The van der Waals surface area contributed by atoms with Gasteiger partial charge in [-0.25, -0.2) is 0 Å². The number of rotatable bonds is 11. The van der Waals surface area contributed by atoms with E-state index in [2.05, 4.69) is 102 Å². The van der Waals surface area contributed by atoms with E-state index in [1.54, 1.807) is 6.26 Å². The number of hydrogen-bond acceptors (Lipinski definition) is 5.